The van der Waals surface area contributed by atoms with Crippen LogP contribution in [0.25, 0.3) is 0 Å². The van der Waals surface area contributed by atoms with Crippen LogP contribution in [0.3, 0.4) is 0 Å². The van der Waals surface area contributed by atoms with Crippen molar-refractivity contribution >= 4 is 17.6 Å². The summed E-state index contributed by atoms with van der Waals surface area (Å²) in [6, 6.07) is 11.1. The highest BCUT2D eigenvalue weighted by Crippen LogP contribution is 2.27. The number of hydrogen-bond donors (Lipinski definition) is 0. The van der Waals surface area contributed by atoms with E-state index in [1.54, 1.807) is 30.2 Å². The lowest BCUT2D eigenvalue weighted by atomic mass is 10.0. The zero-order chi connectivity index (χ0) is 16.2. The van der Waals surface area contributed by atoms with Crippen LogP contribution < -0.4 is 4.90 Å². The van der Waals surface area contributed by atoms with Crippen LogP contribution in [-0.2, 0) is 16.0 Å². The fourth-order valence-electron chi connectivity index (χ4n) is 2.74. The molecule has 5 heteroatoms. The molecule has 1 aliphatic rings. The fraction of sp³-hybridized carbons (Fsp3) is 0.278. The Balaban J connectivity index is 1.72. The van der Waals surface area contributed by atoms with Gasteiger partial charge in [0.25, 0.3) is 5.91 Å². The van der Waals surface area contributed by atoms with Gasteiger partial charge in [-0.25, -0.2) is 4.79 Å². The summed E-state index contributed by atoms with van der Waals surface area (Å²) in [5, 5.41) is 0. The monoisotopic (exact) mass is 310 g/mol. The molecule has 23 heavy (non-hydrogen) atoms. The van der Waals surface area contributed by atoms with Gasteiger partial charge in [-0.3, -0.25) is 9.78 Å². The zero-order valence-corrected chi connectivity index (χ0v) is 12.9. The first-order valence-electron chi connectivity index (χ1n) is 7.67. The van der Waals surface area contributed by atoms with Crippen LogP contribution in [0.1, 0.15) is 29.3 Å². The van der Waals surface area contributed by atoms with E-state index < -0.39 is 12.1 Å². The first kappa shape index (κ1) is 15.2. The second-order valence-electron chi connectivity index (χ2n) is 5.51. The summed E-state index contributed by atoms with van der Waals surface area (Å²) < 4.78 is 5.30. The number of pyridine rings is 1. The molecule has 1 aromatic heterocycles. The zero-order valence-electron chi connectivity index (χ0n) is 12.9. The van der Waals surface area contributed by atoms with Crippen LogP contribution in [0.2, 0.25) is 0 Å². The van der Waals surface area contributed by atoms with E-state index in [9.17, 15) is 9.59 Å². The number of benzene rings is 1. The second-order valence-corrected chi connectivity index (χ2v) is 5.51. The topological polar surface area (TPSA) is 59.5 Å². The number of amides is 1. The molecule has 0 spiro atoms. The van der Waals surface area contributed by atoms with E-state index in [2.05, 4.69) is 4.98 Å². The molecule has 0 saturated carbocycles. The Kier molecular flexibility index (Phi) is 4.37. The quantitative estimate of drug-likeness (QED) is 0.818. The van der Waals surface area contributed by atoms with Crippen molar-refractivity contribution in [1.82, 2.24) is 4.98 Å². The predicted octanol–water partition coefficient (Wildman–Crippen LogP) is 2.61. The number of para-hydroxylation sites is 1. The number of carbonyl (C=O) groups is 2. The van der Waals surface area contributed by atoms with Crippen molar-refractivity contribution in [1.29, 1.82) is 0 Å². The van der Waals surface area contributed by atoms with Gasteiger partial charge in [0, 0.05) is 24.6 Å². The van der Waals surface area contributed by atoms with E-state index in [0.717, 1.165) is 24.1 Å². The number of aryl methyl sites for hydroxylation is 1. The maximum atomic E-state index is 12.7. The summed E-state index contributed by atoms with van der Waals surface area (Å²) in [5.41, 5.74) is 2.40. The Labute approximate surface area is 134 Å². The van der Waals surface area contributed by atoms with Gasteiger partial charge in [-0.2, -0.15) is 0 Å². The number of nitrogens with zero attached hydrogens (tertiary/aromatic N) is 2. The molecule has 1 aliphatic heterocycles. The standard InChI is InChI=1S/C18H18N2O3/c1-13(23-18(22)15-7-4-10-19-12-15)17(21)20-11-5-8-14-6-2-3-9-16(14)20/h2-4,6-7,9-10,12-13H,5,8,11H2,1H3. The van der Waals surface area contributed by atoms with Gasteiger partial charge >= 0.3 is 5.97 Å². The van der Waals surface area contributed by atoms with E-state index in [0.29, 0.717) is 12.1 Å². The van der Waals surface area contributed by atoms with E-state index in [-0.39, 0.29) is 5.91 Å². The lowest BCUT2D eigenvalue weighted by molar-refractivity contribution is -0.126. The number of carbonyl (C=O) groups excluding carboxylic acids is 2. The van der Waals surface area contributed by atoms with Gasteiger partial charge in [0.15, 0.2) is 6.10 Å². The average molecular weight is 310 g/mol. The minimum absolute atomic E-state index is 0.200. The molecule has 2 aromatic rings. The predicted molar refractivity (Wildman–Crippen MR) is 86.2 cm³/mol. The highest BCUT2D eigenvalue weighted by atomic mass is 16.5. The molecule has 0 radical (unpaired) electrons. The molecule has 0 saturated heterocycles. The Morgan fingerprint density at radius 1 is 1.22 bits per heavy atom. The SMILES string of the molecule is CC(OC(=O)c1cccnc1)C(=O)N1CCCc2ccccc21. The number of esters is 1. The molecule has 0 fully saturated rings. The molecule has 3 rings (SSSR count). The summed E-state index contributed by atoms with van der Waals surface area (Å²) in [7, 11) is 0. The van der Waals surface area contributed by atoms with Gasteiger partial charge in [0.2, 0.25) is 0 Å². The van der Waals surface area contributed by atoms with E-state index >= 15 is 0 Å². The minimum Gasteiger partial charge on any atom is -0.449 e. The molecule has 2 heterocycles. The van der Waals surface area contributed by atoms with Crippen LogP contribution in [0, 0.1) is 0 Å². The minimum atomic E-state index is -0.839. The molecular formula is C18H18N2O3. The summed E-state index contributed by atoms with van der Waals surface area (Å²) in [6.45, 7) is 2.25. The van der Waals surface area contributed by atoms with Gasteiger partial charge in [-0.05, 0) is 43.5 Å². The third-order valence-corrected chi connectivity index (χ3v) is 3.91. The van der Waals surface area contributed by atoms with Crippen LogP contribution in [0.5, 0.6) is 0 Å². The molecule has 1 atom stereocenters. The van der Waals surface area contributed by atoms with Crippen LogP contribution in [0.4, 0.5) is 5.69 Å². The molecule has 0 bridgehead atoms. The molecule has 5 nitrogen and oxygen atoms in total. The number of anilines is 1. The molecule has 1 aromatic carbocycles. The van der Waals surface area contributed by atoms with Crippen molar-refractivity contribution in [2.45, 2.75) is 25.9 Å². The number of fused-ring (bicyclic) bond motifs is 1. The van der Waals surface area contributed by atoms with Crippen molar-refractivity contribution in [2.24, 2.45) is 0 Å². The molecular weight excluding hydrogens is 292 g/mol. The molecule has 118 valence electrons. The average Bonchev–Trinajstić information content (AvgIpc) is 2.61. The lowest BCUT2D eigenvalue weighted by Crippen LogP contribution is -2.42. The number of rotatable bonds is 3. The number of hydrogen-bond acceptors (Lipinski definition) is 4. The third-order valence-electron chi connectivity index (χ3n) is 3.91. The van der Waals surface area contributed by atoms with E-state index in [1.165, 1.54) is 6.20 Å². The molecule has 0 aliphatic carbocycles. The molecule has 1 unspecified atom stereocenters. The molecule has 1 amide bonds. The smallest absolute Gasteiger partial charge is 0.340 e. The van der Waals surface area contributed by atoms with Gasteiger partial charge in [-0.15, -0.1) is 0 Å². The lowest BCUT2D eigenvalue weighted by Gasteiger charge is -2.31. The van der Waals surface area contributed by atoms with Crippen LogP contribution in [-0.4, -0.2) is 29.5 Å². The highest BCUT2D eigenvalue weighted by molar-refractivity contribution is 5.99. The van der Waals surface area contributed by atoms with Crippen molar-refractivity contribution in [3.05, 3.63) is 59.9 Å². The molecule has 0 N–H and O–H groups in total. The fourth-order valence-corrected chi connectivity index (χ4v) is 2.74. The first-order valence-corrected chi connectivity index (χ1v) is 7.67. The normalized spacial score (nSPS) is 14.7. The van der Waals surface area contributed by atoms with Crippen molar-refractivity contribution in [3.8, 4) is 0 Å². The van der Waals surface area contributed by atoms with E-state index in [1.807, 2.05) is 24.3 Å². The van der Waals surface area contributed by atoms with Gasteiger partial charge in [-0.1, -0.05) is 18.2 Å². The summed E-state index contributed by atoms with van der Waals surface area (Å²) in [5.74, 6) is -0.737. The van der Waals surface area contributed by atoms with Crippen molar-refractivity contribution in [3.63, 3.8) is 0 Å². The van der Waals surface area contributed by atoms with Gasteiger partial charge in [0.1, 0.15) is 0 Å². The number of ether oxygens (including phenoxy) is 1. The Morgan fingerprint density at radius 3 is 2.83 bits per heavy atom. The highest BCUT2D eigenvalue weighted by Gasteiger charge is 2.28. The Bertz CT molecular complexity index is 715. The largest absolute Gasteiger partial charge is 0.449 e. The first-order chi connectivity index (χ1) is 11.2. The summed E-state index contributed by atoms with van der Waals surface area (Å²) in [6.07, 6.45) is 4.04. The van der Waals surface area contributed by atoms with E-state index in [4.69, 9.17) is 4.74 Å². The summed E-state index contributed by atoms with van der Waals surface area (Å²) in [4.78, 5) is 30.3. The maximum Gasteiger partial charge on any atom is 0.340 e. The van der Waals surface area contributed by atoms with Crippen LogP contribution in [0.15, 0.2) is 48.8 Å². The Morgan fingerprint density at radius 2 is 2.04 bits per heavy atom. The van der Waals surface area contributed by atoms with Gasteiger partial charge < -0.3 is 9.64 Å². The third kappa shape index (κ3) is 3.23. The Hall–Kier alpha value is -2.69. The van der Waals surface area contributed by atoms with Crippen LogP contribution >= 0.6 is 0 Å². The number of aromatic nitrogens is 1. The van der Waals surface area contributed by atoms with Crippen molar-refractivity contribution < 1.29 is 14.3 Å². The van der Waals surface area contributed by atoms with Gasteiger partial charge in [0.05, 0.1) is 5.56 Å². The second kappa shape index (κ2) is 6.60. The summed E-state index contributed by atoms with van der Waals surface area (Å²) >= 11 is 0. The maximum absolute atomic E-state index is 12.7. The van der Waals surface area contributed by atoms with Crippen molar-refractivity contribution in [2.75, 3.05) is 11.4 Å².